The summed E-state index contributed by atoms with van der Waals surface area (Å²) in [6.45, 7) is 1.97. The van der Waals surface area contributed by atoms with Crippen molar-refractivity contribution in [3.63, 3.8) is 0 Å². The SMILES string of the molecule is COC(=O)N1c2ccccc2[C@]2(OC)CCN3CCCCC3[C@]12OC. The summed E-state index contributed by atoms with van der Waals surface area (Å²) in [5, 5.41) is 0. The maximum absolute atomic E-state index is 12.9. The number of fused-ring (bicyclic) bond motifs is 5. The molecule has 3 atom stereocenters. The largest absolute Gasteiger partial charge is 0.452 e. The van der Waals surface area contributed by atoms with E-state index in [0.29, 0.717) is 0 Å². The number of anilines is 1. The summed E-state index contributed by atoms with van der Waals surface area (Å²) in [7, 11) is 4.83. The molecule has 2 fully saturated rings. The van der Waals surface area contributed by atoms with Crippen LogP contribution in [0, 0.1) is 0 Å². The number of piperidine rings is 2. The monoisotopic (exact) mass is 346 g/mol. The number of carbonyl (C=O) groups excluding carboxylic acids is 1. The van der Waals surface area contributed by atoms with Gasteiger partial charge >= 0.3 is 6.09 Å². The Morgan fingerprint density at radius 1 is 1.12 bits per heavy atom. The van der Waals surface area contributed by atoms with Crippen LogP contribution in [-0.2, 0) is 19.8 Å². The van der Waals surface area contributed by atoms with Gasteiger partial charge in [-0.05, 0) is 31.9 Å². The fourth-order valence-corrected chi connectivity index (χ4v) is 5.37. The Morgan fingerprint density at radius 3 is 2.64 bits per heavy atom. The Morgan fingerprint density at radius 2 is 1.92 bits per heavy atom. The summed E-state index contributed by atoms with van der Waals surface area (Å²) in [5.74, 6) is 0. The minimum Gasteiger partial charge on any atom is -0.452 e. The molecule has 0 saturated carbocycles. The first-order valence-corrected chi connectivity index (χ1v) is 8.98. The third kappa shape index (κ3) is 1.93. The van der Waals surface area contributed by atoms with Crippen molar-refractivity contribution in [3.05, 3.63) is 29.8 Å². The molecule has 3 aliphatic rings. The lowest BCUT2D eigenvalue weighted by molar-refractivity contribution is -0.242. The number of carbonyl (C=O) groups is 1. The van der Waals surface area contributed by atoms with Crippen molar-refractivity contribution in [1.82, 2.24) is 4.90 Å². The molecule has 0 aromatic heterocycles. The van der Waals surface area contributed by atoms with Gasteiger partial charge in [0, 0.05) is 26.3 Å². The van der Waals surface area contributed by atoms with Crippen molar-refractivity contribution in [2.45, 2.75) is 43.1 Å². The van der Waals surface area contributed by atoms with Gasteiger partial charge in [0.2, 0.25) is 0 Å². The van der Waals surface area contributed by atoms with Gasteiger partial charge in [-0.25, -0.2) is 9.69 Å². The van der Waals surface area contributed by atoms with Crippen LogP contribution in [0.4, 0.5) is 10.5 Å². The van der Waals surface area contributed by atoms with Gasteiger partial charge in [0.05, 0.1) is 18.8 Å². The van der Waals surface area contributed by atoms with Gasteiger partial charge in [0.15, 0.2) is 5.72 Å². The van der Waals surface area contributed by atoms with E-state index in [1.54, 1.807) is 19.1 Å². The fraction of sp³-hybridized carbons (Fsp3) is 0.632. The summed E-state index contributed by atoms with van der Waals surface area (Å²) in [6, 6.07) is 8.02. The van der Waals surface area contributed by atoms with Crippen LogP contribution in [0.15, 0.2) is 24.3 Å². The lowest BCUT2D eigenvalue weighted by atomic mass is 9.72. The molecule has 0 N–H and O–H groups in total. The Kier molecular flexibility index (Phi) is 4.02. The van der Waals surface area contributed by atoms with E-state index < -0.39 is 17.4 Å². The zero-order valence-electron chi connectivity index (χ0n) is 15.2. The van der Waals surface area contributed by atoms with Crippen LogP contribution < -0.4 is 4.90 Å². The number of nitrogens with zero attached hydrogens (tertiary/aromatic N) is 2. The molecule has 0 aliphatic carbocycles. The van der Waals surface area contributed by atoms with Crippen LogP contribution in [0.5, 0.6) is 0 Å². The van der Waals surface area contributed by atoms with Crippen LogP contribution in [-0.4, -0.2) is 57.2 Å². The minimum absolute atomic E-state index is 0.0754. The summed E-state index contributed by atoms with van der Waals surface area (Å²) in [4.78, 5) is 17.0. The smallest absolute Gasteiger partial charge is 0.416 e. The molecule has 1 aromatic rings. The molecular formula is C19H26N2O4. The van der Waals surface area contributed by atoms with Crippen molar-refractivity contribution < 1.29 is 19.0 Å². The predicted octanol–water partition coefficient (Wildman–Crippen LogP) is 2.72. The Labute approximate surface area is 148 Å². The van der Waals surface area contributed by atoms with Gasteiger partial charge in [-0.2, -0.15) is 0 Å². The van der Waals surface area contributed by atoms with Crippen LogP contribution in [0.1, 0.15) is 31.2 Å². The molecule has 6 heteroatoms. The number of ether oxygens (including phenoxy) is 3. The van der Waals surface area contributed by atoms with Crippen LogP contribution in [0.2, 0.25) is 0 Å². The summed E-state index contributed by atoms with van der Waals surface area (Å²) < 4.78 is 17.6. The first kappa shape index (κ1) is 16.8. The molecule has 4 rings (SSSR count). The number of para-hydroxylation sites is 1. The van der Waals surface area contributed by atoms with E-state index in [0.717, 1.165) is 43.6 Å². The first-order chi connectivity index (χ1) is 12.2. The molecule has 1 unspecified atom stereocenters. The van der Waals surface area contributed by atoms with E-state index in [-0.39, 0.29) is 6.04 Å². The Balaban J connectivity index is 1.98. The maximum Gasteiger partial charge on any atom is 0.416 e. The van der Waals surface area contributed by atoms with Gasteiger partial charge in [0.1, 0.15) is 5.60 Å². The zero-order valence-corrected chi connectivity index (χ0v) is 15.2. The van der Waals surface area contributed by atoms with Crippen molar-refractivity contribution in [2.75, 3.05) is 39.3 Å². The van der Waals surface area contributed by atoms with Gasteiger partial charge in [-0.15, -0.1) is 0 Å². The maximum atomic E-state index is 12.9. The topological polar surface area (TPSA) is 51.2 Å². The number of amides is 1. The van der Waals surface area contributed by atoms with Crippen molar-refractivity contribution in [2.24, 2.45) is 0 Å². The first-order valence-electron chi connectivity index (χ1n) is 8.98. The van der Waals surface area contributed by atoms with Gasteiger partial charge in [0.25, 0.3) is 0 Å². The fourth-order valence-electron chi connectivity index (χ4n) is 5.37. The third-order valence-corrected chi connectivity index (χ3v) is 6.32. The van der Waals surface area contributed by atoms with Crippen LogP contribution >= 0.6 is 0 Å². The molecule has 1 amide bonds. The van der Waals surface area contributed by atoms with Gasteiger partial charge < -0.3 is 14.2 Å². The summed E-state index contributed by atoms with van der Waals surface area (Å²) in [6.07, 6.45) is 3.65. The number of hydrogen-bond acceptors (Lipinski definition) is 5. The number of benzene rings is 1. The quantitative estimate of drug-likeness (QED) is 0.824. The molecule has 0 spiro atoms. The standard InChI is InChI=1S/C19H26N2O4/c1-23-17(22)21-15-9-5-4-8-14(15)18(24-2)11-13-20-12-7-6-10-16(20)19(18,21)25-3/h4-5,8-9,16H,6-7,10-13H2,1-3H3/t16?,18-,19-/m1/s1. The molecule has 2 saturated heterocycles. The van der Waals surface area contributed by atoms with Crippen LogP contribution in [0.25, 0.3) is 0 Å². The molecule has 3 aliphatic heterocycles. The second-order valence-electron chi connectivity index (χ2n) is 7.05. The van der Waals surface area contributed by atoms with E-state index in [1.807, 2.05) is 24.3 Å². The highest BCUT2D eigenvalue weighted by Crippen LogP contribution is 2.60. The average Bonchev–Trinajstić information content (AvgIpc) is 2.95. The lowest BCUT2D eigenvalue weighted by Crippen LogP contribution is -2.75. The molecule has 1 aromatic carbocycles. The number of methoxy groups -OCH3 is 3. The highest BCUT2D eigenvalue weighted by Gasteiger charge is 2.71. The van der Waals surface area contributed by atoms with Crippen LogP contribution in [0.3, 0.4) is 0 Å². The molecule has 3 heterocycles. The summed E-state index contributed by atoms with van der Waals surface area (Å²) >= 11 is 0. The van der Waals surface area contributed by atoms with E-state index >= 15 is 0 Å². The normalized spacial score (nSPS) is 34.2. The molecule has 25 heavy (non-hydrogen) atoms. The third-order valence-electron chi connectivity index (χ3n) is 6.32. The number of hydrogen-bond donors (Lipinski definition) is 0. The Bertz CT molecular complexity index is 681. The lowest BCUT2D eigenvalue weighted by Gasteiger charge is -2.59. The van der Waals surface area contributed by atoms with Gasteiger partial charge in [-0.1, -0.05) is 24.6 Å². The Hall–Kier alpha value is -1.63. The average molecular weight is 346 g/mol. The number of rotatable bonds is 2. The van der Waals surface area contributed by atoms with E-state index in [2.05, 4.69) is 4.90 Å². The summed E-state index contributed by atoms with van der Waals surface area (Å²) in [5.41, 5.74) is 0.225. The molecule has 0 radical (unpaired) electrons. The van der Waals surface area contributed by atoms with Crippen molar-refractivity contribution in [1.29, 1.82) is 0 Å². The van der Waals surface area contributed by atoms with E-state index in [1.165, 1.54) is 13.5 Å². The van der Waals surface area contributed by atoms with E-state index in [4.69, 9.17) is 14.2 Å². The van der Waals surface area contributed by atoms with Crippen molar-refractivity contribution in [3.8, 4) is 0 Å². The second-order valence-corrected chi connectivity index (χ2v) is 7.05. The zero-order chi connectivity index (χ0) is 17.7. The highest BCUT2D eigenvalue weighted by molar-refractivity contribution is 5.93. The second kappa shape index (κ2) is 5.97. The molecule has 6 nitrogen and oxygen atoms in total. The minimum atomic E-state index is -0.919. The molecular weight excluding hydrogens is 320 g/mol. The van der Waals surface area contributed by atoms with Crippen molar-refractivity contribution >= 4 is 11.8 Å². The molecule has 136 valence electrons. The molecule has 0 bridgehead atoms. The highest BCUT2D eigenvalue weighted by atomic mass is 16.6. The predicted molar refractivity (Wildman–Crippen MR) is 93.6 cm³/mol. The van der Waals surface area contributed by atoms with E-state index in [9.17, 15) is 4.79 Å². The van der Waals surface area contributed by atoms with Gasteiger partial charge in [-0.3, -0.25) is 4.90 Å².